The van der Waals surface area contributed by atoms with Crippen LogP contribution in [0.5, 0.6) is 5.75 Å². The van der Waals surface area contributed by atoms with Gasteiger partial charge < -0.3 is 24.6 Å². The van der Waals surface area contributed by atoms with Crippen LogP contribution in [0.2, 0.25) is 0 Å². The highest BCUT2D eigenvalue weighted by Crippen LogP contribution is 2.28. The lowest BCUT2D eigenvalue weighted by Crippen LogP contribution is -2.50. The van der Waals surface area contributed by atoms with Crippen LogP contribution in [0.3, 0.4) is 0 Å². The molecule has 0 radical (unpaired) electrons. The van der Waals surface area contributed by atoms with Crippen molar-refractivity contribution in [1.29, 1.82) is 0 Å². The van der Waals surface area contributed by atoms with Crippen molar-refractivity contribution in [3.05, 3.63) is 94.0 Å². The summed E-state index contributed by atoms with van der Waals surface area (Å²) >= 11 is 0. The molecular formula is C26H28N4O5. The Morgan fingerprint density at radius 2 is 1.66 bits per heavy atom. The first-order valence-corrected chi connectivity index (χ1v) is 11.4. The summed E-state index contributed by atoms with van der Waals surface area (Å²) in [5, 5.41) is 14.3. The Balaban J connectivity index is 1.27. The van der Waals surface area contributed by atoms with Crippen LogP contribution in [0.15, 0.2) is 72.8 Å². The van der Waals surface area contributed by atoms with Crippen LogP contribution in [0.25, 0.3) is 0 Å². The quantitative estimate of drug-likeness (QED) is 0.375. The number of nitrogens with one attached hydrogen (secondary N) is 1. The number of hydrogen-bond donors (Lipinski definition) is 1. The molecule has 0 saturated carbocycles. The van der Waals surface area contributed by atoms with Crippen molar-refractivity contribution >= 4 is 23.1 Å². The molecule has 4 rings (SSSR count). The van der Waals surface area contributed by atoms with Crippen LogP contribution in [0.1, 0.15) is 11.1 Å². The molecule has 1 heterocycles. The number of carbonyl (C=O) groups excluding carboxylic acids is 1. The predicted molar refractivity (Wildman–Crippen MR) is 134 cm³/mol. The highest BCUT2D eigenvalue weighted by Gasteiger charge is 2.25. The molecule has 0 aromatic heterocycles. The van der Waals surface area contributed by atoms with Gasteiger partial charge >= 0.3 is 6.03 Å². The number of amides is 2. The summed E-state index contributed by atoms with van der Waals surface area (Å²) in [7, 11) is 1.63. The lowest BCUT2D eigenvalue weighted by molar-refractivity contribution is -0.384. The first-order chi connectivity index (χ1) is 17.0. The van der Waals surface area contributed by atoms with E-state index in [1.807, 2.05) is 53.4 Å². The standard InChI is InChI=1S/C26H28N4O5/c1-34-23-11-9-20(10-12-23)18-35-19-21-5-4-6-22(17-21)27-26(31)29-15-13-28(14-16-29)24-7-2-3-8-25(24)30(32)33/h2-12,17H,13-16,18-19H2,1H3,(H,27,31). The van der Waals surface area contributed by atoms with E-state index >= 15 is 0 Å². The number of piperazine rings is 1. The number of urea groups is 1. The summed E-state index contributed by atoms with van der Waals surface area (Å²) in [5.74, 6) is 0.806. The Morgan fingerprint density at radius 1 is 0.943 bits per heavy atom. The van der Waals surface area contributed by atoms with Gasteiger partial charge in [0.25, 0.3) is 5.69 Å². The number of benzene rings is 3. The monoisotopic (exact) mass is 476 g/mol. The highest BCUT2D eigenvalue weighted by molar-refractivity contribution is 5.89. The van der Waals surface area contributed by atoms with Crippen molar-refractivity contribution in [3.63, 3.8) is 0 Å². The number of rotatable bonds is 8. The van der Waals surface area contributed by atoms with Gasteiger partial charge in [0.2, 0.25) is 0 Å². The molecule has 182 valence electrons. The number of carbonyl (C=O) groups is 1. The molecule has 0 atom stereocenters. The number of nitro benzene ring substituents is 1. The van der Waals surface area contributed by atoms with Crippen LogP contribution >= 0.6 is 0 Å². The first-order valence-electron chi connectivity index (χ1n) is 11.4. The molecule has 0 aliphatic carbocycles. The van der Waals surface area contributed by atoms with Crippen molar-refractivity contribution in [2.24, 2.45) is 0 Å². The number of ether oxygens (including phenoxy) is 2. The van der Waals surface area contributed by atoms with E-state index in [1.54, 1.807) is 30.2 Å². The summed E-state index contributed by atoms with van der Waals surface area (Å²) in [6.45, 7) is 2.90. The average molecular weight is 477 g/mol. The Morgan fingerprint density at radius 3 is 2.37 bits per heavy atom. The molecule has 1 aliphatic rings. The van der Waals surface area contributed by atoms with Crippen molar-refractivity contribution in [1.82, 2.24) is 4.90 Å². The smallest absolute Gasteiger partial charge is 0.321 e. The second kappa shape index (κ2) is 11.3. The molecule has 1 aliphatic heterocycles. The van der Waals surface area contributed by atoms with Crippen molar-refractivity contribution in [2.75, 3.05) is 43.5 Å². The Hall–Kier alpha value is -4.11. The fraction of sp³-hybridized carbons (Fsp3) is 0.269. The van der Waals surface area contributed by atoms with Crippen LogP contribution < -0.4 is 15.0 Å². The lowest BCUT2D eigenvalue weighted by Gasteiger charge is -2.35. The fourth-order valence-electron chi connectivity index (χ4n) is 3.99. The Bertz CT molecular complexity index is 1160. The van der Waals surface area contributed by atoms with Gasteiger partial charge in [-0.3, -0.25) is 10.1 Å². The molecule has 0 spiro atoms. The summed E-state index contributed by atoms with van der Waals surface area (Å²) < 4.78 is 11.0. The number of nitro groups is 1. The summed E-state index contributed by atoms with van der Waals surface area (Å²) in [5.41, 5.74) is 3.37. The van der Waals surface area contributed by atoms with Crippen LogP contribution in [0.4, 0.5) is 21.9 Å². The van der Waals surface area contributed by atoms with E-state index in [2.05, 4.69) is 5.32 Å². The number of anilines is 2. The number of para-hydroxylation sites is 2. The maximum Gasteiger partial charge on any atom is 0.321 e. The van der Waals surface area contributed by atoms with E-state index in [4.69, 9.17) is 9.47 Å². The molecule has 9 heteroatoms. The minimum absolute atomic E-state index is 0.0800. The predicted octanol–water partition coefficient (Wildman–Crippen LogP) is 4.67. The maximum atomic E-state index is 12.8. The average Bonchev–Trinajstić information content (AvgIpc) is 2.89. The van der Waals surface area contributed by atoms with Gasteiger partial charge in [0, 0.05) is 37.9 Å². The zero-order chi connectivity index (χ0) is 24.6. The topological polar surface area (TPSA) is 97.2 Å². The fourth-order valence-corrected chi connectivity index (χ4v) is 3.99. The molecule has 1 saturated heterocycles. The number of methoxy groups -OCH3 is 1. The second-order valence-electron chi connectivity index (χ2n) is 8.19. The zero-order valence-corrected chi connectivity index (χ0v) is 19.6. The van der Waals surface area contributed by atoms with Gasteiger partial charge in [0.05, 0.1) is 25.2 Å². The summed E-state index contributed by atoms with van der Waals surface area (Å²) in [6.07, 6.45) is 0. The van der Waals surface area contributed by atoms with Gasteiger partial charge in [-0.25, -0.2) is 4.79 Å². The molecule has 0 bridgehead atoms. The van der Waals surface area contributed by atoms with Gasteiger partial charge in [-0.2, -0.15) is 0 Å². The van der Waals surface area contributed by atoms with E-state index < -0.39 is 0 Å². The summed E-state index contributed by atoms with van der Waals surface area (Å²) in [4.78, 5) is 27.4. The van der Waals surface area contributed by atoms with Crippen LogP contribution in [-0.4, -0.2) is 49.1 Å². The van der Waals surface area contributed by atoms with Gasteiger partial charge in [-0.15, -0.1) is 0 Å². The molecule has 35 heavy (non-hydrogen) atoms. The van der Waals surface area contributed by atoms with Crippen molar-refractivity contribution in [3.8, 4) is 5.75 Å². The third-order valence-electron chi connectivity index (χ3n) is 5.86. The Kier molecular flexibility index (Phi) is 7.79. The van der Waals surface area contributed by atoms with Gasteiger partial charge in [-0.1, -0.05) is 36.4 Å². The van der Waals surface area contributed by atoms with E-state index in [0.717, 1.165) is 16.9 Å². The molecule has 1 N–H and O–H groups in total. The molecule has 0 unspecified atom stereocenters. The van der Waals surface area contributed by atoms with Crippen molar-refractivity contribution < 1.29 is 19.2 Å². The number of nitrogens with zero attached hydrogens (tertiary/aromatic N) is 3. The number of hydrogen-bond acceptors (Lipinski definition) is 6. The Labute approximate surface area is 204 Å². The normalized spacial score (nSPS) is 13.4. The minimum atomic E-state index is -0.373. The van der Waals surface area contributed by atoms with Crippen molar-refractivity contribution in [2.45, 2.75) is 13.2 Å². The molecule has 3 aromatic carbocycles. The van der Waals surface area contributed by atoms with Crippen LogP contribution in [0, 0.1) is 10.1 Å². The van der Waals surface area contributed by atoms with E-state index in [9.17, 15) is 14.9 Å². The third kappa shape index (κ3) is 6.27. The molecular weight excluding hydrogens is 448 g/mol. The molecule has 3 aromatic rings. The second-order valence-corrected chi connectivity index (χ2v) is 8.19. The van der Waals surface area contributed by atoms with Crippen LogP contribution in [-0.2, 0) is 18.0 Å². The highest BCUT2D eigenvalue weighted by atomic mass is 16.6. The minimum Gasteiger partial charge on any atom is -0.497 e. The van der Waals surface area contributed by atoms with Gasteiger partial charge in [0.15, 0.2) is 0 Å². The SMILES string of the molecule is COc1ccc(COCc2cccc(NC(=O)N3CCN(c4ccccc4[N+](=O)[O-])CC3)c2)cc1. The van der Waals surface area contributed by atoms with Gasteiger partial charge in [0.1, 0.15) is 11.4 Å². The molecule has 2 amide bonds. The molecule has 1 fully saturated rings. The van der Waals surface area contributed by atoms with E-state index in [1.165, 1.54) is 6.07 Å². The summed E-state index contributed by atoms with van der Waals surface area (Å²) in [6, 6.07) is 21.8. The zero-order valence-electron chi connectivity index (χ0n) is 19.6. The molecule has 9 nitrogen and oxygen atoms in total. The third-order valence-corrected chi connectivity index (χ3v) is 5.86. The maximum absolute atomic E-state index is 12.8. The lowest BCUT2D eigenvalue weighted by atomic mass is 10.2. The largest absolute Gasteiger partial charge is 0.497 e. The van der Waals surface area contributed by atoms with E-state index in [-0.39, 0.29) is 16.6 Å². The first kappa shape index (κ1) is 24.0. The van der Waals surface area contributed by atoms with Gasteiger partial charge in [-0.05, 0) is 41.5 Å². The van der Waals surface area contributed by atoms with E-state index in [0.29, 0.717) is 50.8 Å².